The molecule has 0 saturated heterocycles. The number of rotatable bonds is 5. The quantitative estimate of drug-likeness (QED) is 0.615. The molecule has 0 amide bonds. The first-order valence-corrected chi connectivity index (χ1v) is 7.56. The van der Waals surface area contributed by atoms with Crippen molar-refractivity contribution in [1.82, 2.24) is 5.32 Å². The third-order valence-electron chi connectivity index (χ3n) is 3.75. The Labute approximate surface area is 143 Å². The Morgan fingerprint density at radius 1 is 1.12 bits per heavy atom. The molecule has 8 heteroatoms. The molecule has 0 heterocycles. The van der Waals surface area contributed by atoms with Crippen molar-refractivity contribution in [2.75, 3.05) is 14.2 Å². The zero-order valence-corrected chi connectivity index (χ0v) is 13.8. The summed E-state index contributed by atoms with van der Waals surface area (Å²) in [5.41, 5.74) is 0.460. The molecule has 1 aliphatic carbocycles. The summed E-state index contributed by atoms with van der Waals surface area (Å²) >= 11 is 6.12. The summed E-state index contributed by atoms with van der Waals surface area (Å²) in [5, 5.41) is 1.47. The van der Waals surface area contributed by atoms with Gasteiger partial charge in [0, 0.05) is 11.1 Å². The highest BCUT2D eigenvalue weighted by atomic mass is 35.5. The molecule has 0 unspecified atom stereocenters. The first kappa shape index (κ1) is 18.1. The molecule has 0 radical (unpaired) electrons. The van der Waals surface area contributed by atoms with Crippen molar-refractivity contribution in [3.05, 3.63) is 35.4 Å². The zero-order valence-electron chi connectivity index (χ0n) is 13.1. The van der Waals surface area contributed by atoms with Gasteiger partial charge in [0.1, 0.15) is 11.4 Å². The van der Waals surface area contributed by atoms with Crippen LogP contribution in [-0.4, -0.2) is 55.2 Å². The third kappa shape index (κ3) is 3.47. The Morgan fingerprint density at radius 2 is 1.71 bits per heavy atom. The maximum atomic E-state index is 12.6. The Balaban J connectivity index is 2.29. The lowest BCUT2D eigenvalue weighted by Gasteiger charge is -2.30. The van der Waals surface area contributed by atoms with E-state index in [1.807, 2.05) is 0 Å². The minimum atomic E-state index is -1.20. The van der Waals surface area contributed by atoms with Crippen molar-refractivity contribution in [1.29, 1.82) is 0 Å². The number of hydrogen-bond donors (Lipinski definition) is 1. The number of carbonyl (C=O) groups excluding carboxylic acids is 4. The Kier molecular flexibility index (Phi) is 5.69. The van der Waals surface area contributed by atoms with Gasteiger partial charge in [0.05, 0.1) is 26.7 Å². The summed E-state index contributed by atoms with van der Waals surface area (Å²) in [4.78, 5) is 48.2. The largest absolute Gasteiger partial charge is 0.469 e. The van der Waals surface area contributed by atoms with E-state index < -0.39 is 41.0 Å². The molecule has 0 fully saturated rings. The van der Waals surface area contributed by atoms with Gasteiger partial charge in [0.25, 0.3) is 0 Å². The summed E-state index contributed by atoms with van der Waals surface area (Å²) < 4.78 is 9.14. The van der Waals surface area contributed by atoms with Gasteiger partial charge in [-0.25, -0.2) is 0 Å². The summed E-state index contributed by atoms with van der Waals surface area (Å²) in [7, 11) is 2.32. The lowest BCUT2D eigenvalue weighted by Crippen LogP contribution is -2.56. The second kappa shape index (κ2) is 7.55. The Hall–Kier alpha value is -2.25. The van der Waals surface area contributed by atoms with Crippen LogP contribution in [0.15, 0.2) is 24.3 Å². The minimum absolute atomic E-state index is 0.221. The monoisotopic (exact) mass is 353 g/mol. The molecule has 7 nitrogen and oxygen atoms in total. The number of esters is 2. The van der Waals surface area contributed by atoms with Gasteiger partial charge in [-0.3, -0.25) is 24.5 Å². The van der Waals surface area contributed by atoms with E-state index in [2.05, 4.69) is 14.8 Å². The normalized spacial score (nSPS) is 21.0. The highest BCUT2D eigenvalue weighted by molar-refractivity contribution is 6.39. The van der Waals surface area contributed by atoms with Crippen LogP contribution in [0.2, 0.25) is 0 Å². The molecular weight excluding hydrogens is 338 g/mol. The second-order valence-corrected chi connectivity index (χ2v) is 5.65. The van der Waals surface area contributed by atoms with Crippen molar-refractivity contribution in [3.63, 3.8) is 0 Å². The maximum absolute atomic E-state index is 12.6. The van der Waals surface area contributed by atoms with E-state index in [0.717, 1.165) is 7.11 Å². The molecule has 3 atom stereocenters. The molecule has 0 aliphatic heterocycles. The molecular formula is C16H16ClNO6. The lowest BCUT2D eigenvalue weighted by molar-refractivity contribution is -0.149. The molecule has 1 aromatic carbocycles. The number of ether oxygens (including phenoxy) is 2. The van der Waals surface area contributed by atoms with Gasteiger partial charge in [0.2, 0.25) is 0 Å². The van der Waals surface area contributed by atoms with Crippen LogP contribution in [0, 0.1) is 0 Å². The first-order chi connectivity index (χ1) is 11.4. The van der Waals surface area contributed by atoms with Crippen LogP contribution in [0.1, 0.15) is 27.1 Å². The molecule has 0 spiro atoms. The van der Waals surface area contributed by atoms with E-state index >= 15 is 0 Å². The van der Waals surface area contributed by atoms with Crippen molar-refractivity contribution in [2.45, 2.75) is 23.9 Å². The minimum Gasteiger partial charge on any atom is -0.469 e. The molecule has 24 heavy (non-hydrogen) atoms. The lowest BCUT2D eigenvalue weighted by atomic mass is 9.85. The number of benzene rings is 1. The van der Waals surface area contributed by atoms with Gasteiger partial charge in [-0.2, -0.15) is 0 Å². The van der Waals surface area contributed by atoms with Gasteiger partial charge in [-0.1, -0.05) is 24.3 Å². The standard InChI is InChI=1S/C16H16ClNO6/c1-23-11(19)7-10(16(22)24-2)18-13-12(17)14(20)8-5-3-4-6-9(8)15(13)21/h3-6,10,12-13,18H,7H2,1-2H3/t10-,12+,13-/m1/s1. The summed E-state index contributed by atoms with van der Waals surface area (Å²) in [6.07, 6.45) is -0.355. The van der Waals surface area contributed by atoms with Crippen molar-refractivity contribution in [3.8, 4) is 0 Å². The number of carbonyl (C=O) groups is 4. The van der Waals surface area contributed by atoms with Gasteiger partial charge >= 0.3 is 11.9 Å². The molecule has 2 rings (SSSR count). The van der Waals surface area contributed by atoms with Gasteiger partial charge < -0.3 is 9.47 Å². The predicted octanol–water partition coefficient (Wildman–Crippen LogP) is 0.736. The number of halogens is 1. The molecule has 128 valence electrons. The smallest absolute Gasteiger partial charge is 0.323 e. The van der Waals surface area contributed by atoms with E-state index in [0.29, 0.717) is 0 Å². The average Bonchev–Trinajstić information content (AvgIpc) is 2.61. The maximum Gasteiger partial charge on any atom is 0.323 e. The van der Waals surface area contributed by atoms with Crippen LogP contribution in [0.3, 0.4) is 0 Å². The van der Waals surface area contributed by atoms with Gasteiger partial charge in [-0.05, 0) is 0 Å². The number of alkyl halides is 1. The average molecular weight is 354 g/mol. The molecule has 0 bridgehead atoms. The van der Waals surface area contributed by atoms with Crippen LogP contribution in [0.25, 0.3) is 0 Å². The van der Waals surface area contributed by atoms with Crippen molar-refractivity contribution < 1.29 is 28.7 Å². The van der Waals surface area contributed by atoms with E-state index in [4.69, 9.17) is 11.6 Å². The molecule has 1 aliphatic rings. The SMILES string of the molecule is COC(=O)C[C@@H](N[C@H]1C(=O)c2ccccc2C(=O)[C@H]1Cl)C(=O)OC. The van der Waals surface area contributed by atoms with E-state index in [1.54, 1.807) is 12.1 Å². The number of hydrogen-bond acceptors (Lipinski definition) is 7. The molecule has 1 aromatic rings. The fourth-order valence-corrected chi connectivity index (χ4v) is 2.80. The predicted molar refractivity (Wildman–Crippen MR) is 84.1 cm³/mol. The Morgan fingerprint density at radius 3 is 2.25 bits per heavy atom. The van der Waals surface area contributed by atoms with Crippen LogP contribution < -0.4 is 5.32 Å². The fraction of sp³-hybridized carbons (Fsp3) is 0.375. The van der Waals surface area contributed by atoms with Crippen molar-refractivity contribution >= 4 is 35.1 Å². The van der Waals surface area contributed by atoms with Crippen LogP contribution in [-0.2, 0) is 19.1 Å². The number of nitrogens with one attached hydrogen (secondary N) is 1. The highest BCUT2D eigenvalue weighted by Crippen LogP contribution is 2.25. The number of fused-ring (bicyclic) bond motifs is 1. The van der Waals surface area contributed by atoms with Crippen LogP contribution >= 0.6 is 11.6 Å². The summed E-state index contributed by atoms with van der Waals surface area (Å²) in [6.45, 7) is 0. The second-order valence-electron chi connectivity index (χ2n) is 5.18. The third-order valence-corrected chi connectivity index (χ3v) is 4.20. The first-order valence-electron chi connectivity index (χ1n) is 7.13. The summed E-state index contributed by atoms with van der Waals surface area (Å²) in [5.74, 6) is -2.28. The van der Waals surface area contributed by atoms with Crippen LogP contribution in [0.5, 0.6) is 0 Å². The molecule has 0 saturated carbocycles. The van der Waals surface area contributed by atoms with Gasteiger partial charge in [0.15, 0.2) is 11.6 Å². The fourth-order valence-electron chi connectivity index (χ4n) is 2.49. The molecule has 0 aromatic heterocycles. The van der Waals surface area contributed by atoms with Gasteiger partial charge in [-0.15, -0.1) is 11.6 Å². The molecule has 1 N–H and O–H groups in total. The summed E-state index contributed by atoms with van der Waals surface area (Å²) in [6, 6.07) is 3.99. The zero-order chi connectivity index (χ0) is 17.9. The highest BCUT2D eigenvalue weighted by Gasteiger charge is 2.42. The van der Waals surface area contributed by atoms with Crippen LogP contribution in [0.4, 0.5) is 0 Å². The van der Waals surface area contributed by atoms with E-state index in [1.165, 1.54) is 19.2 Å². The number of ketones is 2. The van der Waals surface area contributed by atoms with E-state index in [-0.39, 0.29) is 17.5 Å². The van der Waals surface area contributed by atoms with Crippen molar-refractivity contribution in [2.24, 2.45) is 0 Å². The Bertz CT molecular complexity index is 689. The topological polar surface area (TPSA) is 98.8 Å². The van der Waals surface area contributed by atoms with E-state index in [9.17, 15) is 19.2 Å². The number of methoxy groups -OCH3 is 2. The number of Topliss-reactive ketones (excluding diaryl/α,β-unsaturated/α-hetero) is 2.